The van der Waals surface area contributed by atoms with Gasteiger partial charge in [-0.05, 0) is 33.4 Å². The highest BCUT2D eigenvalue weighted by Crippen LogP contribution is 2.38. The molecule has 0 saturated heterocycles. The summed E-state index contributed by atoms with van der Waals surface area (Å²) in [6, 6.07) is 62.5. The lowest BCUT2D eigenvalue weighted by molar-refractivity contribution is -0.120. The average molecular weight is 602 g/mol. The van der Waals surface area contributed by atoms with Gasteiger partial charge in [-0.1, -0.05) is 182 Å². The number of hydrogen-bond donors (Lipinski definition) is 3. The maximum absolute atomic E-state index is 13.5. The Hall–Kier alpha value is -5.29. The Morgan fingerprint density at radius 3 is 0.913 bits per heavy atom. The Labute approximate surface area is 272 Å². The summed E-state index contributed by atoms with van der Waals surface area (Å²) in [6.45, 7) is 1.16. The maximum Gasteiger partial charge on any atom is 0.234 e. The highest BCUT2D eigenvalue weighted by molar-refractivity contribution is 5.78. The molecule has 1 amide bonds. The molecule has 4 nitrogen and oxygen atoms in total. The zero-order valence-corrected chi connectivity index (χ0v) is 25.9. The minimum atomic E-state index is -0.706. The molecule has 6 aromatic carbocycles. The van der Waals surface area contributed by atoms with Gasteiger partial charge in [-0.25, -0.2) is 0 Å². The van der Waals surface area contributed by atoms with Gasteiger partial charge < -0.3 is 5.32 Å². The summed E-state index contributed by atoms with van der Waals surface area (Å²) in [5, 5.41) is 10.7. The Bertz CT molecular complexity index is 1590. The molecular weight excluding hydrogens is 562 g/mol. The average Bonchev–Trinajstić information content (AvgIpc) is 3.14. The zero-order valence-electron chi connectivity index (χ0n) is 25.9. The Balaban J connectivity index is 1.23. The summed E-state index contributed by atoms with van der Waals surface area (Å²) in [5.74, 6) is -0.0706. The second kappa shape index (κ2) is 14.7. The third kappa shape index (κ3) is 6.40. The van der Waals surface area contributed by atoms with Crippen LogP contribution in [0.1, 0.15) is 33.4 Å². The van der Waals surface area contributed by atoms with Gasteiger partial charge in [-0.15, -0.1) is 0 Å². The number of carbonyl (C=O) groups is 1. The lowest BCUT2D eigenvalue weighted by Gasteiger charge is -2.37. The molecule has 0 saturated carbocycles. The standard InChI is InChI=1S/C42H39N3O/c46-40(33-45-42(37-25-13-4-14-26-37,38-27-15-5-16-28-38)39-29-17-6-18-30-39)43-31-32-44-41(34-19-7-1-8-20-34,35-21-9-2-10-22-35)36-23-11-3-12-24-36/h1-30,44-45H,31-33H2,(H,43,46). The number of amides is 1. The van der Waals surface area contributed by atoms with Gasteiger partial charge >= 0.3 is 0 Å². The fraction of sp³-hybridized carbons (Fsp3) is 0.119. The molecular formula is C42H39N3O. The lowest BCUT2D eigenvalue weighted by Crippen LogP contribution is -2.50. The molecule has 228 valence electrons. The highest BCUT2D eigenvalue weighted by Gasteiger charge is 2.37. The smallest absolute Gasteiger partial charge is 0.234 e. The van der Waals surface area contributed by atoms with E-state index < -0.39 is 11.1 Å². The largest absolute Gasteiger partial charge is 0.354 e. The zero-order chi connectivity index (χ0) is 31.5. The van der Waals surface area contributed by atoms with E-state index in [1.807, 2.05) is 72.8 Å². The third-order valence-corrected chi connectivity index (χ3v) is 8.59. The molecule has 4 heteroatoms. The van der Waals surface area contributed by atoms with Crippen LogP contribution in [0.5, 0.6) is 0 Å². The number of nitrogens with one attached hydrogen (secondary N) is 3. The van der Waals surface area contributed by atoms with E-state index in [1.54, 1.807) is 0 Å². The first-order valence-electron chi connectivity index (χ1n) is 15.8. The minimum Gasteiger partial charge on any atom is -0.354 e. The van der Waals surface area contributed by atoms with E-state index in [1.165, 1.54) is 0 Å². The maximum atomic E-state index is 13.5. The fourth-order valence-corrected chi connectivity index (χ4v) is 6.47. The Morgan fingerprint density at radius 2 is 0.630 bits per heavy atom. The number of benzene rings is 6. The summed E-state index contributed by atoms with van der Waals surface area (Å²) in [4.78, 5) is 13.5. The van der Waals surface area contributed by atoms with Gasteiger partial charge in [-0.3, -0.25) is 15.4 Å². The molecule has 0 bridgehead atoms. The van der Waals surface area contributed by atoms with Crippen molar-refractivity contribution in [1.82, 2.24) is 16.0 Å². The molecule has 0 aliphatic rings. The summed E-state index contributed by atoms with van der Waals surface area (Å²) in [5.41, 5.74) is 5.33. The molecule has 0 atom stereocenters. The second-order valence-electron chi connectivity index (χ2n) is 11.3. The van der Waals surface area contributed by atoms with Crippen molar-refractivity contribution in [3.05, 3.63) is 215 Å². The van der Waals surface area contributed by atoms with Gasteiger partial charge in [0.1, 0.15) is 0 Å². The van der Waals surface area contributed by atoms with Gasteiger partial charge in [-0.2, -0.15) is 0 Å². The molecule has 3 N–H and O–H groups in total. The van der Waals surface area contributed by atoms with Crippen LogP contribution in [0.3, 0.4) is 0 Å². The quantitative estimate of drug-likeness (QED) is 0.0965. The van der Waals surface area contributed by atoms with Crippen molar-refractivity contribution in [1.29, 1.82) is 0 Å². The minimum absolute atomic E-state index is 0.0706. The number of hydrogen-bond acceptors (Lipinski definition) is 3. The summed E-state index contributed by atoms with van der Waals surface area (Å²) >= 11 is 0. The van der Waals surface area contributed by atoms with Gasteiger partial charge in [0.05, 0.1) is 17.6 Å². The number of rotatable bonds is 13. The SMILES string of the molecule is O=C(CNC(c1ccccc1)(c1ccccc1)c1ccccc1)NCCNC(c1ccccc1)(c1ccccc1)c1ccccc1. The van der Waals surface area contributed by atoms with Crippen molar-refractivity contribution in [2.45, 2.75) is 11.1 Å². The Morgan fingerprint density at radius 1 is 0.370 bits per heavy atom. The normalized spacial score (nSPS) is 11.6. The summed E-state index contributed by atoms with van der Waals surface area (Å²) in [6.07, 6.45) is 0. The molecule has 6 aromatic rings. The van der Waals surface area contributed by atoms with Crippen molar-refractivity contribution in [2.75, 3.05) is 19.6 Å². The molecule has 0 unspecified atom stereocenters. The predicted molar refractivity (Wildman–Crippen MR) is 187 cm³/mol. The first-order valence-corrected chi connectivity index (χ1v) is 15.8. The van der Waals surface area contributed by atoms with E-state index in [9.17, 15) is 4.79 Å². The van der Waals surface area contributed by atoms with Crippen LogP contribution < -0.4 is 16.0 Å². The monoisotopic (exact) mass is 601 g/mol. The van der Waals surface area contributed by atoms with E-state index in [0.29, 0.717) is 13.1 Å². The van der Waals surface area contributed by atoms with Crippen LogP contribution >= 0.6 is 0 Å². The predicted octanol–water partition coefficient (Wildman–Crippen LogP) is 7.27. The first kappa shape index (κ1) is 30.7. The van der Waals surface area contributed by atoms with E-state index in [4.69, 9.17) is 0 Å². The van der Waals surface area contributed by atoms with Crippen LogP contribution in [0.2, 0.25) is 0 Å². The van der Waals surface area contributed by atoms with Crippen LogP contribution in [-0.4, -0.2) is 25.5 Å². The van der Waals surface area contributed by atoms with Gasteiger partial charge in [0.25, 0.3) is 0 Å². The van der Waals surface area contributed by atoms with Gasteiger partial charge in [0, 0.05) is 13.1 Å². The first-order chi connectivity index (χ1) is 22.7. The summed E-state index contributed by atoms with van der Waals surface area (Å²) in [7, 11) is 0. The molecule has 6 rings (SSSR count). The molecule has 0 aliphatic heterocycles. The lowest BCUT2D eigenvalue weighted by atomic mass is 9.77. The van der Waals surface area contributed by atoms with Crippen molar-refractivity contribution in [3.8, 4) is 0 Å². The van der Waals surface area contributed by atoms with Crippen LogP contribution in [0.25, 0.3) is 0 Å². The van der Waals surface area contributed by atoms with Crippen molar-refractivity contribution in [2.24, 2.45) is 0 Å². The highest BCUT2D eigenvalue weighted by atomic mass is 16.1. The summed E-state index contributed by atoms with van der Waals surface area (Å²) < 4.78 is 0. The van der Waals surface area contributed by atoms with E-state index in [0.717, 1.165) is 33.4 Å². The molecule has 0 heterocycles. The molecule has 0 aromatic heterocycles. The van der Waals surface area contributed by atoms with Gasteiger partial charge in [0.15, 0.2) is 0 Å². The molecule has 0 aliphatic carbocycles. The van der Waals surface area contributed by atoms with Crippen molar-refractivity contribution in [3.63, 3.8) is 0 Å². The molecule has 46 heavy (non-hydrogen) atoms. The van der Waals surface area contributed by atoms with Crippen LogP contribution in [-0.2, 0) is 15.9 Å². The Kier molecular flexibility index (Phi) is 9.79. The van der Waals surface area contributed by atoms with Crippen LogP contribution in [0.4, 0.5) is 0 Å². The van der Waals surface area contributed by atoms with Crippen molar-refractivity contribution >= 4 is 5.91 Å². The fourth-order valence-electron chi connectivity index (χ4n) is 6.47. The van der Waals surface area contributed by atoms with E-state index in [-0.39, 0.29) is 12.5 Å². The molecule has 0 radical (unpaired) electrons. The van der Waals surface area contributed by atoms with Crippen LogP contribution in [0.15, 0.2) is 182 Å². The molecule has 0 spiro atoms. The van der Waals surface area contributed by atoms with Gasteiger partial charge in [0.2, 0.25) is 5.91 Å². The van der Waals surface area contributed by atoms with E-state index >= 15 is 0 Å². The number of carbonyl (C=O) groups excluding carboxylic acids is 1. The van der Waals surface area contributed by atoms with E-state index in [2.05, 4.69) is 125 Å². The van der Waals surface area contributed by atoms with Crippen LogP contribution in [0, 0.1) is 0 Å². The second-order valence-corrected chi connectivity index (χ2v) is 11.3. The molecule has 0 fully saturated rings. The van der Waals surface area contributed by atoms with Crippen molar-refractivity contribution < 1.29 is 4.79 Å². The third-order valence-electron chi connectivity index (χ3n) is 8.59. The topological polar surface area (TPSA) is 53.2 Å².